The number of rotatable bonds is 7. The highest BCUT2D eigenvalue weighted by Gasteiger charge is 2.25. The molecule has 1 N–H and O–H groups in total. The summed E-state index contributed by atoms with van der Waals surface area (Å²) in [5.41, 5.74) is 0.122. The van der Waals surface area contributed by atoms with E-state index in [1.54, 1.807) is 0 Å². The van der Waals surface area contributed by atoms with Crippen LogP contribution in [-0.4, -0.2) is 50.0 Å². The van der Waals surface area contributed by atoms with Gasteiger partial charge in [0, 0.05) is 14.1 Å². The molecule has 0 aliphatic carbocycles. The first-order valence-electron chi connectivity index (χ1n) is 8.09. The Labute approximate surface area is 166 Å². The number of nitrogens with zero attached hydrogens (tertiary/aromatic N) is 3. The summed E-state index contributed by atoms with van der Waals surface area (Å²) in [6, 6.07) is 7.79. The van der Waals surface area contributed by atoms with Gasteiger partial charge in [-0.2, -0.15) is 9.29 Å². The lowest BCUT2D eigenvalue weighted by Crippen LogP contribution is -2.27. The number of hydrogen-bond donors (Lipinski definition) is 1. The van der Waals surface area contributed by atoms with Crippen molar-refractivity contribution < 1.29 is 22.5 Å². The maximum Gasteiger partial charge on any atom is 0.254 e. The van der Waals surface area contributed by atoms with Gasteiger partial charge in [-0.3, -0.25) is 4.79 Å². The Morgan fingerprint density at radius 2 is 2.14 bits per heavy atom. The molecule has 11 heteroatoms. The summed E-state index contributed by atoms with van der Waals surface area (Å²) in [6.07, 6.45) is 0. The molecule has 0 saturated heterocycles. The smallest absolute Gasteiger partial charge is 0.254 e. The average Bonchev–Trinajstić information content (AvgIpc) is 3.38. The third-order valence-electron chi connectivity index (χ3n) is 3.92. The number of thiophene rings is 1. The van der Waals surface area contributed by atoms with Gasteiger partial charge in [-0.1, -0.05) is 11.2 Å². The molecule has 9 nitrogen and oxygen atoms in total. The lowest BCUT2D eigenvalue weighted by Gasteiger charge is -2.16. The van der Waals surface area contributed by atoms with E-state index in [2.05, 4.69) is 15.5 Å². The summed E-state index contributed by atoms with van der Waals surface area (Å²) >= 11 is 1.45. The van der Waals surface area contributed by atoms with E-state index in [-0.39, 0.29) is 28.6 Å². The quantitative estimate of drug-likeness (QED) is 0.619. The minimum absolute atomic E-state index is 0.0487. The van der Waals surface area contributed by atoms with Crippen molar-refractivity contribution in [3.8, 4) is 16.5 Å². The van der Waals surface area contributed by atoms with Gasteiger partial charge in [0.2, 0.25) is 21.7 Å². The molecule has 0 radical (unpaired) electrons. The van der Waals surface area contributed by atoms with Gasteiger partial charge in [-0.05, 0) is 29.6 Å². The van der Waals surface area contributed by atoms with Crippen molar-refractivity contribution in [3.63, 3.8) is 0 Å². The number of aromatic nitrogens is 2. The van der Waals surface area contributed by atoms with E-state index in [0.29, 0.717) is 5.82 Å². The number of ether oxygens (including phenoxy) is 1. The first-order chi connectivity index (χ1) is 13.4. The van der Waals surface area contributed by atoms with Gasteiger partial charge in [0.05, 0.1) is 29.0 Å². The molecular weight excluding hydrogens is 404 g/mol. The fraction of sp³-hybridized carbons (Fsp3) is 0.235. The van der Waals surface area contributed by atoms with Gasteiger partial charge in [-0.15, -0.1) is 11.3 Å². The van der Waals surface area contributed by atoms with Crippen LogP contribution in [0.15, 0.2) is 45.1 Å². The number of carbonyl (C=O) groups is 1. The zero-order valence-electron chi connectivity index (χ0n) is 15.4. The molecule has 3 aromatic rings. The van der Waals surface area contributed by atoms with Crippen LogP contribution in [0.25, 0.3) is 10.7 Å². The number of methoxy groups -OCH3 is 1. The Bertz CT molecular complexity index is 1080. The van der Waals surface area contributed by atoms with Crippen LogP contribution in [0.2, 0.25) is 0 Å². The zero-order valence-corrected chi connectivity index (χ0v) is 17.0. The number of nitrogens with one attached hydrogen (secondary N) is 1. The first-order valence-corrected chi connectivity index (χ1v) is 10.4. The van der Waals surface area contributed by atoms with Crippen LogP contribution >= 0.6 is 11.3 Å². The van der Waals surface area contributed by atoms with Gasteiger partial charge < -0.3 is 14.6 Å². The molecule has 3 rings (SSSR count). The van der Waals surface area contributed by atoms with E-state index >= 15 is 0 Å². The second-order valence-electron chi connectivity index (χ2n) is 5.69. The molecule has 1 aromatic carbocycles. The molecule has 0 spiro atoms. The van der Waals surface area contributed by atoms with Gasteiger partial charge >= 0.3 is 0 Å². The molecule has 2 heterocycles. The second-order valence-corrected chi connectivity index (χ2v) is 8.68. The summed E-state index contributed by atoms with van der Waals surface area (Å²) in [6.45, 7) is -0.109. The molecule has 0 unspecified atom stereocenters. The zero-order chi connectivity index (χ0) is 20.3. The highest BCUT2D eigenvalue weighted by Crippen LogP contribution is 2.26. The van der Waals surface area contributed by atoms with Crippen molar-refractivity contribution in [2.24, 2.45) is 0 Å². The van der Waals surface area contributed by atoms with Gasteiger partial charge in [0.15, 0.2) is 0 Å². The molecule has 0 bridgehead atoms. The predicted molar refractivity (Wildman–Crippen MR) is 103 cm³/mol. The highest BCUT2D eigenvalue weighted by atomic mass is 32.2. The lowest BCUT2D eigenvalue weighted by molar-refractivity contribution is 0.0960. The first kappa shape index (κ1) is 20.0. The summed E-state index contributed by atoms with van der Waals surface area (Å²) in [5, 5.41) is 8.22. The maximum absolute atomic E-state index is 12.9. The van der Waals surface area contributed by atoms with E-state index in [1.807, 2.05) is 17.5 Å². The number of carbonyl (C=O) groups excluding carboxylic acids is 1. The summed E-state index contributed by atoms with van der Waals surface area (Å²) in [4.78, 5) is 17.0. The van der Waals surface area contributed by atoms with Crippen molar-refractivity contribution in [3.05, 3.63) is 47.2 Å². The summed E-state index contributed by atoms with van der Waals surface area (Å²) in [7, 11) is 0.358. The highest BCUT2D eigenvalue weighted by molar-refractivity contribution is 7.89. The molecule has 0 fully saturated rings. The largest absolute Gasteiger partial charge is 0.496 e. The number of sulfonamides is 1. The van der Waals surface area contributed by atoms with E-state index in [0.717, 1.165) is 9.18 Å². The van der Waals surface area contributed by atoms with E-state index in [1.165, 1.54) is 50.7 Å². The Hall–Kier alpha value is -2.76. The van der Waals surface area contributed by atoms with E-state index in [9.17, 15) is 13.2 Å². The molecule has 28 heavy (non-hydrogen) atoms. The number of amides is 1. The second kappa shape index (κ2) is 8.09. The lowest BCUT2D eigenvalue weighted by atomic mass is 10.2. The van der Waals surface area contributed by atoms with Crippen LogP contribution in [0.5, 0.6) is 5.75 Å². The van der Waals surface area contributed by atoms with Crippen molar-refractivity contribution in [1.82, 2.24) is 19.8 Å². The van der Waals surface area contributed by atoms with Crippen LogP contribution in [0.3, 0.4) is 0 Å². The van der Waals surface area contributed by atoms with E-state index < -0.39 is 15.9 Å². The molecular formula is C17H18N4O5S2. The minimum atomic E-state index is -3.90. The Morgan fingerprint density at radius 3 is 2.79 bits per heavy atom. The number of hydrogen-bond acceptors (Lipinski definition) is 8. The molecule has 2 aromatic heterocycles. The van der Waals surface area contributed by atoms with Gasteiger partial charge in [0.1, 0.15) is 5.75 Å². The monoisotopic (exact) mass is 422 g/mol. The van der Waals surface area contributed by atoms with Crippen LogP contribution in [0, 0.1) is 0 Å². The molecule has 0 saturated carbocycles. The van der Waals surface area contributed by atoms with Gasteiger partial charge in [-0.25, -0.2) is 8.42 Å². The maximum atomic E-state index is 12.9. The average molecular weight is 422 g/mol. The molecule has 0 aliphatic heterocycles. The fourth-order valence-electron chi connectivity index (χ4n) is 2.44. The van der Waals surface area contributed by atoms with Crippen molar-refractivity contribution in [2.45, 2.75) is 11.4 Å². The Balaban J connectivity index is 1.85. The summed E-state index contributed by atoms with van der Waals surface area (Å²) < 4.78 is 37.2. The third-order valence-corrected chi connectivity index (χ3v) is 6.58. The van der Waals surface area contributed by atoms with Crippen molar-refractivity contribution in [2.75, 3.05) is 21.2 Å². The molecule has 148 valence electrons. The topological polar surface area (TPSA) is 115 Å². The van der Waals surface area contributed by atoms with Crippen LogP contribution < -0.4 is 10.1 Å². The predicted octanol–water partition coefficient (Wildman–Crippen LogP) is 1.99. The minimum Gasteiger partial charge on any atom is -0.496 e. The normalized spacial score (nSPS) is 11.6. The Kier molecular flexibility index (Phi) is 5.77. The SMILES string of the molecule is CNC(=O)c1cc(S(=O)(=O)N(C)Cc2nc(-c3cccs3)no2)ccc1OC. The molecule has 0 atom stereocenters. The van der Waals surface area contributed by atoms with E-state index in [4.69, 9.17) is 9.26 Å². The Morgan fingerprint density at radius 1 is 1.36 bits per heavy atom. The van der Waals surface area contributed by atoms with Crippen molar-refractivity contribution >= 4 is 27.3 Å². The fourth-order valence-corrected chi connectivity index (χ4v) is 4.24. The van der Waals surface area contributed by atoms with Crippen molar-refractivity contribution in [1.29, 1.82) is 0 Å². The summed E-state index contributed by atoms with van der Waals surface area (Å²) in [5.74, 6) is 0.393. The van der Waals surface area contributed by atoms with Crippen LogP contribution in [0.4, 0.5) is 0 Å². The van der Waals surface area contributed by atoms with Crippen LogP contribution in [-0.2, 0) is 16.6 Å². The van der Waals surface area contributed by atoms with Crippen LogP contribution in [0.1, 0.15) is 16.2 Å². The third kappa shape index (κ3) is 3.91. The molecule has 1 amide bonds. The number of benzene rings is 1. The van der Waals surface area contributed by atoms with Gasteiger partial charge in [0.25, 0.3) is 5.91 Å². The molecule has 0 aliphatic rings. The standard InChI is InChI=1S/C17H18N4O5S2/c1-18-17(22)12-9-11(6-7-13(12)25-3)28(23,24)21(2)10-15-19-16(20-26-15)14-5-4-8-27-14/h4-9H,10H2,1-3H3,(H,18,22).